The maximum atomic E-state index is 10.8. The van der Waals surface area contributed by atoms with Gasteiger partial charge >= 0.3 is 5.97 Å². The normalized spacial score (nSPS) is 10.4. The molecule has 82 valence electrons. The molecule has 0 aliphatic rings. The molecule has 2 heterocycles. The summed E-state index contributed by atoms with van der Waals surface area (Å²) in [5, 5.41) is 9.00. The minimum Gasteiger partial charge on any atom is -0.476 e. The molecule has 2 aromatic heterocycles. The van der Waals surface area contributed by atoms with Crippen molar-refractivity contribution in [1.29, 1.82) is 0 Å². The molecule has 0 bridgehead atoms. The van der Waals surface area contributed by atoms with Crippen LogP contribution in [0.3, 0.4) is 0 Å². The minimum absolute atomic E-state index is 0.128. The van der Waals surface area contributed by atoms with Gasteiger partial charge in [-0.1, -0.05) is 0 Å². The van der Waals surface area contributed by atoms with E-state index in [1.165, 1.54) is 11.3 Å². The number of thiazole rings is 1. The van der Waals surface area contributed by atoms with Crippen LogP contribution in [0.15, 0.2) is 18.5 Å². The Kier molecular flexibility index (Phi) is 2.70. The van der Waals surface area contributed by atoms with Crippen LogP contribution in [0.2, 0.25) is 0 Å². The van der Waals surface area contributed by atoms with E-state index in [1.54, 1.807) is 12.4 Å². The highest BCUT2D eigenvalue weighted by atomic mass is 32.1. The van der Waals surface area contributed by atoms with E-state index < -0.39 is 5.97 Å². The summed E-state index contributed by atoms with van der Waals surface area (Å²) in [4.78, 5) is 19.8. The van der Waals surface area contributed by atoms with Crippen molar-refractivity contribution in [2.24, 2.45) is 0 Å². The number of aryl methyl sites for hydroxylation is 2. The second-order valence-electron chi connectivity index (χ2n) is 3.43. The molecular formula is C11H10N2O2S. The zero-order valence-corrected chi connectivity index (χ0v) is 9.71. The van der Waals surface area contributed by atoms with Crippen LogP contribution >= 0.6 is 11.3 Å². The lowest BCUT2D eigenvalue weighted by atomic mass is 10.1. The van der Waals surface area contributed by atoms with Crippen molar-refractivity contribution in [1.82, 2.24) is 9.97 Å². The quantitative estimate of drug-likeness (QED) is 0.867. The number of aromatic carboxylic acids is 1. The Labute approximate surface area is 96.6 Å². The van der Waals surface area contributed by atoms with Crippen LogP contribution in [0.25, 0.3) is 10.4 Å². The molecule has 0 amide bonds. The van der Waals surface area contributed by atoms with E-state index in [2.05, 4.69) is 9.97 Å². The summed E-state index contributed by atoms with van der Waals surface area (Å²) >= 11 is 1.20. The summed E-state index contributed by atoms with van der Waals surface area (Å²) in [6, 6.07) is 1.88. The van der Waals surface area contributed by atoms with Crippen molar-refractivity contribution in [3.8, 4) is 10.4 Å². The number of hydrogen-bond donors (Lipinski definition) is 1. The maximum Gasteiger partial charge on any atom is 0.365 e. The lowest BCUT2D eigenvalue weighted by Crippen LogP contribution is -1.93. The predicted octanol–water partition coefficient (Wildman–Crippen LogP) is 2.52. The standard InChI is InChI=1S/C11H10N2O2S/c1-6-5-12-4-3-8(6)9-7(2)13-10(16-9)11(14)15/h3-5H,1-2H3,(H,14,15). The number of nitrogens with zero attached hydrogens (tertiary/aromatic N) is 2. The van der Waals surface area contributed by atoms with E-state index in [-0.39, 0.29) is 5.01 Å². The zero-order valence-electron chi connectivity index (χ0n) is 8.89. The predicted molar refractivity (Wildman–Crippen MR) is 61.8 cm³/mol. The monoisotopic (exact) mass is 234 g/mol. The first-order chi connectivity index (χ1) is 7.59. The van der Waals surface area contributed by atoms with Gasteiger partial charge in [0.15, 0.2) is 0 Å². The van der Waals surface area contributed by atoms with Crippen LogP contribution in [-0.4, -0.2) is 21.0 Å². The Balaban J connectivity index is 2.57. The van der Waals surface area contributed by atoms with Gasteiger partial charge in [0.05, 0.1) is 10.6 Å². The molecule has 0 radical (unpaired) electrons. The molecule has 0 aromatic carbocycles. The summed E-state index contributed by atoms with van der Waals surface area (Å²) in [7, 11) is 0. The Bertz CT molecular complexity index is 549. The number of aromatic nitrogens is 2. The highest BCUT2D eigenvalue weighted by Crippen LogP contribution is 2.31. The van der Waals surface area contributed by atoms with Crippen molar-refractivity contribution in [2.45, 2.75) is 13.8 Å². The van der Waals surface area contributed by atoms with Crippen LogP contribution in [-0.2, 0) is 0 Å². The van der Waals surface area contributed by atoms with Gasteiger partial charge in [-0.05, 0) is 31.0 Å². The summed E-state index contributed by atoms with van der Waals surface area (Å²) in [6.45, 7) is 3.76. The molecule has 5 heteroatoms. The zero-order chi connectivity index (χ0) is 11.7. The molecule has 2 aromatic rings. The van der Waals surface area contributed by atoms with Gasteiger partial charge in [-0.15, -0.1) is 11.3 Å². The Morgan fingerprint density at radius 2 is 2.19 bits per heavy atom. The van der Waals surface area contributed by atoms with E-state index in [0.29, 0.717) is 0 Å². The molecule has 0 spiro atoms. The maximum absolute atomic E-state index is 10.8. The molecule has 0 fully saturated rings. The largest absolute Gasteiger partial charge is 0.476 e. The fourth-order valence-corrected chi connectivity index (χ4v) is 2.46. The molecule has 0 unspecified atom stereocenters. The molecule has 4 nitrogen and oxygen atoms in total. The molecular weight excluding hydrogens is 224 g/mol. The van der Waals surface area contributed by atoms with Crippen LogP contribution in [0, 0.1) is 13.8 Å². The molecule has 0 saturated heterocycles. The summed E-state index contributed by atoms with van der Waals surface area (Å²) in [5.74, 6) is -0.981. The minimum atomic E-state index is -0.981. The van der Waals surface area contributed by atoms with Crippen LogP contribution in [0.1, 0.15) is 21.1 Å². The molecule has 0 saturated carbocycles. The first-order valence-electron chi connectivity index (χ1n) is 4.71. The SMILES string of the molecule is Cc1cnccc1-c1sc(C(=O)O)nc1C. The van der Waals surface area contributed by atoms with Gasteiger partial charge in [0.1, 0.15) is 0 Å². The second kappa shape index (κ2) is 4.02. The Morgan fingerprint density at radius 3 is 2.75 bits per heavy atom. The van der Waals surface area contributed by atoms with Crippen molar-refractivity contribution >= 4 is 17.3 Å². The highest BCUT2D eigenvalue weighted by Gasteiger charge is 2.15. The van der Waals surface area contributed by atoms with E-state index in [1.807, 2.05) is 19.9 Å². The van der Waals surface area contributed by atoms with E-state index in [0.717, 1.165) is 21.7 Å². The van der Waals surface area contributed by atoms with Crippen molar-refractivity contribution in [2.75, 3.05) is 0 Å². The van der Waals surface area contributed by atoms with E-state index in [4.69, 9.17) is 5.11 Å². The van der Waals surface area contributed by atoms with Gasteiger partial charge in [0, 0.05) is 12.4 Å². The molecule has 0 aliphatic heterocycles. The Hall–Kier alpha value is -1.75. The first kappa shape index (κ1) is 10.8. The third-order valence-electron chi connectivity index (χ3n) is 2.24. The average molecular weight is 234 g/mol. The van der Waals surface area contributed by atoms with Gasteiger partial charge in [0.2, 0.25) is 5.01 Å². The topological polar surface area (TPSA) is 63.1 Å². The highest BCUT2D eigenvalue weighted by molar-refractivity contribution is 7.17. The fourth-order valence-electron chi connectivity index (χ4n) is 1.47. The van der Waals surface area contributed by atoms with Gasteiger partial charge in [-0.2, -0.15) is 0 Å². The van der Waals surface area contributed by atoms with Crippen molar-refractivity contribution in [3.63, 3.8) is 0 Å². The summed E-state index contributed by atoms with van der Waals surface area (Å²) < 4.78 is 0. The van der Waals surface area contributed by atoms with Crippen LogP contribution in [0.4, 0.5) is 0 Å². The lowest BCUT2D eigenvalue weighted by molar-refractivity contribution is 0.0696. The molecule has 16 heavy (non-hydrogen) atoms. The van der Waals surface area contributed by atoms with Gasteiger partial charge < -0.3 is 5.11 Å². The first-order valence-corrected chi connectivity index (χ1v) is 5.53. The number of rotatable bonds is 2. The van der Waals surface area contributed by atoms with Crippen molar-refractivity contribution in [3.05, 3.63) is 34.7 Å². The summed E-state index contributed by atoms with van der Waals surface area (Å²) in [6.07, 6.45) is 3.46. The average Bonchev–Trinajstić information content (AvgIpc) is 2.61. The number of carboxylic acids is 1. The third-order valence-corrected chi connectivity index (χ3v) is 3.42. The van der Waals surface area contributed by atoms with Gasteiger partial charge in [-0.25, -0.2) is 9.78 Å². The number of carbonyl (C=O) groups is 1. The lowest BCUT2D eigenvalue weighted by Gasteiger charge is -2.01. The number of pyridine rings is 1. The number of carboxylic acid groups (broad SMARTS) is 1. The summed E-state index contributed by atoms with van der Waals surface area (Å²) in [5.41, 5.74) is 2.76. The fraction of sp³-hybridized carbons (Fsp3) is 0.182. The molecule has 0 atom stereocenters. The van der Waals surface area contributed by atoms with Gasteiger partial charge in [0.25, 0.3) is 0 Å². The number of hydrogen-bond acceptors (Lipinski definition) is 4. The molecule has 1 N–H and O–H groups in total. The Morgan fingerprint density at radius 1 is 1.44 bits per heavy atom. The van der Waals surface area contributed by atoms with E-state index in [9.17, 15) is 4.79 Å². The van der Waals surface area contributed by atoms with Crippen LogP contribution in [0.5, 0.6) is 0 Å². The van der Waals surface area contributed by atoms with Crippen molar-refractivity contribution < 1.29 is 9.90 Å². The third kappa shape index (κ3) is 1.81. The van der Waals surface area contributed by atoms with Gasteiger partial charge in [-0.3, -0.25) is 4.98 Å². The van der Waals surface area contributed by atoms with Crippen LogP contribution < -0.4 is 0 Å². The molecule has 0 aliphatic carbocycles. The smallest absolute Gasteiger partial charge is 0.365 e. The molecule has 2 rings (SSSR count). The van der Waals surface area contributed by atoms with E-state index >= 15 is 0 Å². The second-order valence-corrected chi connectivity index (χ2v) is 4.43.